The summed E-state index contributed by atoms with van der Waals surface area (Å²) in [4.78, 5) is 12.3. The summed E-state index contributed by atoms with van der Waals surface area (Å²) < 4.78 is 5.26. The van der Waals surface area contributed by atoms with Crippen molar-refractivity contribution in [1.29, 1.82) is 0 Å². The first-order valence-corrected chi connectivity index (χ1v) is 8.18. The fourth-order valence-electron chi connectivity index (χ4n) is 2.82. The lowest BCUT2D eigenvalue weighted by atomic mass is 9.65. The Kier molecular flexibility index (Phi) is 5.87. The third-order valence-electron chi connectivity index (χ3n) is 5.26. The topological polar surface area (TPSA) is 119 Å². The van der Waals surface area contributed by atoms with Gasteiger partial charge in [0.1, 0.15) is 16.8 Å². The van der Waals surface area contributed by atoms with Gasteiger partial charge in [-0.25, -0.2) is 0 Å². The molecule has 0 saturated carbocycles. The number of hydrogen-bond acceptors (Lipinski definition) is 6. The average molecular weight is 333 g/mol. The second-order valence-corrected chi connectivity index (χ2v) is 7.12. The molecule has 0 aliphatic carbocycles. The van der Waals surface area contributed by atoms with E-state index in [4.69, 9.17) is 4.74 Å². The highest BCUT2D eigenvalue weighted by molar-refractivity contribution is 5.82. The Morgan fingerprint density at radius 2 is 1.57 bits per heavy atom. The van der Waals surface area contributed by atoms with Gasteiger partial charge in [0.2, 0.25) is 0 Å². The molecule has 0 spiro atoms. The number of rotatable bonds is 6. The molecule has 0 radical (unpaired) electrons. The number of amides is 1. The summed E-state index contributed by atoms with van der Waals surface area (Å²) in [6, 6.07) is 0. The highest BCUT2D eigenvalue weighted by Crippen LogP contribution is 2.47. The highest BCUT2D eigenvalue weighted by atomic mass is 16.7. The lowest BCUT2D eigenvalue weighted by molar-refractivity contribution is -0.414. The summed E-state index contributed by atoms with van der Waals surface area (Å²) in [7, 11) is 0. The normalized spacial score (nSPS) is 44.1. The zero-order chi connectivity index (χ0) is 18.1. The molecule has 1 rings (SSSR count). The number of unbranched alkanes of at least 4 members (excludes halogenated alkanes) is 3. The minimum atomic E-state index is -2.21. The van der Waals surface area contributed by atoms with Gasteiger partial charge in [-0.05, 0) is 34.1 Å². The van der Waals surface area contributed by atoms with Gasteiger partial charge in [-0.2, -0.15) is 0 Å². The maximum atomic E-state index is 12.3. The summed E-state index contributed by atoms with van der Waals surface area (Å²) >= 11 is 0. The van der Waals surface area contributed by atoms with Crippen LogP contribution in [0.2, 0.25) is 0 Å². The Hall–Kier alpha value is -0.730. The highest BCUT2D eigenvalue weighted by Gasteiger charge is 2.71. The van der Waals surface area contributed by atoms with Gasteiger partial charge in [0.15, 0.2) is 11.9 Å². The molecule has 1 aliphatic heterocycles. The van der Waals surface area contributed by atoms with E-state index in [1.54, 1.807) is 0 Å². The molecule has 1 fully saturated rings. The molecule has 1 amide bonds. The van der Waals surface area contributed by atoms with E-state index in [-0.39, 0.29) is 0 Å². The van der Waals surface area contributed by atoms with Crippen molar-refractivity contribution in [2.24, 2.45) is 0 Å². The third-order valence-corrected chi connectivity index (χ3v) is 5.26. The largest absolute Gasteiger partial charge is 0.384 e. The van der Waals surface area contributed by atoms with Crippen LogP contribution in [0.1, 0.15) is 60.3 Å². The van der Waals surface area contributed by atoms with Crippen LogP contribution in [0.15, 0.2) is 0 Å². The van der Waals surface area contributed by atoms with Crippen molar-refractivity contribution in [1.82, 2.24) is 5.32 Å². The maximum absolute atomic E-state index is 12.3. The van der Waals surface area contributed by atoms with Crippen LogP contribution in [-0.2, 0) is 9.53 Å². The molecular weight excluding hydrogens is 302 g/mol. The lowest BCUT2D eigenvalue weighted by Crippen LogP contribution is -2.82. The van der Waals surface area contributed by atoms with E-state index >= 15 is 0 Å². The second-order valence-electron chi connectivity index (χ2n) is 7.12. The van der Waals surface area contributed by atoms with Crippen molar-refractivity contribution < 1.29 is 30.0 Å². The van der Waals surface area contributed by atoms with Crippen molar-refractivity contribution in [2.45, 2.75) is 89.0 Å². The SMILES string of the molecule is CCCCCCNC(=O)C1O[C@@](C)(O)C(C)(O)[C@](C)(O)[C@]1(C)O. The Morgan fingerprint density at radius 3 is 2.09 bits per heavy atom. The van der Waals surface area contributed by atoms with E-state index in [1.807, 2.05) is 0 Å². The number of carbonyl (C=O) groups is 1. The maximum Gasteiger partial charge on any atom is 0.252 e. The summed E-state index contributed by atoms with van der Waals surface area (Å²) in [5, 5.41) is 44.6. The number of carbonyl (C=O) groups excluding carboxylic acids is 1. The Morgan fingerprint density at radius 1 is 1.00 bits per heavy atom. The van der Waals surface area contributed by atoms with Crippen molar-refractivity contribution in [3.8, 4) is 0 Å². The van der Waals surface area contributed by atoms with Crippen LogP contribution in [0.5, 0.6) is 0 Å². The molecule has 0 bridgehead atoms. The van der Waals surface area contributed by atoms with E-state index in [0.29, 0.717) is 6.54 Å². The molecule has 0 aromatic rings. The molecule has 23 heavy (non-hydrogen) atoms. The first kappa shape index (κ1) is 20.3. The standard InChI is InChI=1S/C16H31NO6/c1-6-7-8-9-10-17-12(18)11-13(2,19)14(3,20)15(4,21)16(5,22)23-11/h11,19-22H,6-10H2,1-5H3,(H,17,18)/t11?,13-,14-,15?,16-/m1/s1. The monoisotopic (exact) mass is 333 g/mol. The van der Waals surface area contributed by atoms with Crippen molar-refractivity contribution in [3.63, 3.8) is 0 Å². The van der Waals surface area contributed by atoms with Gasteiger partial charge in [0.25, 0.3) is 5.91 Å². The zero-order valence-electron chi connectivity index (χ0n) is 14.7. The minimum absolute atomic E-state index is 0.412. The average Bonchev–Trinajstić information content (AvgIpc) is 2.42. The van der Waals surface area contributed by atoms with E-state index in [1.165, 1.54) is 13.8 Å². The first-order chi connectivity index (χ1) is 10.3. The molecule has 1 aliphatic rings. The molecule has 2 unspecified atom stereocenters. The molecule has 5 atom stereocenters. The van der Waals surface area contributed by atoms with Gasteiger partial charge in [-0.3, -0.25) is 4.79 Å². The van der Waals surface area contributed by atoms with Crippen molar-refractivity contribution >= 4 is 5.91 Å². The van der Waals surface area contributed by atoms with Crippen LogP contribution >= 0.6 is 0 Å². The Labute approximate surface area is 137 Å². The Bertz CT molecular complexity index is 430. The zero-order valence-corrected chi connectivity index (χ0v) is 14.7. The summed E-state index contributed by atoms with van der Waals surface area (Å²) in [6.07, 6.45) is 2.40. The molecule has 0 aromatic carbocycles. The minimum Gasteiger partial charge on any atom is -0.384 e. The van der Waals surface area contributed by atoms with Crippen molar-refractivity contribution in [3.05, 3.63) is 0 Å². The van der Waals surface area contributed by atoms with Gasteiger partial charge in [-0.1, -0.05) is 26.2 Å². The van der Waals surface area contributed by atoms with Crippen LogP contribution in [0.25, 0.3) is 0 Å². The van der Waals surface area contributed by atoms with Gasteiger partial charge in [0.05, 0.1) is 0 Å². The van der Waals surface area contributed by atoms with E-state index in [2.05, 4.69) is 12.2 Å². The molecule has 7 heteroatoms. The van der Waals surface area contributed by atoms with Crippen LogP contribution in [0, 0.1) is 0 Å². The summed E-state index contributed by atoms with van der Waals surface area (Å²) in [5.74, 6) is -2.84. The molecule has 136 valence electrons. The fourth-order valence-corrected chi connectivity index (χ4v) is 2.82. The molecular formula is C16H31NO6. The molecule has 1 heterocycles. The number of aliphatic hydroxyl groups is 4. The van der Waals surface area contributed by atoms with Crippen LogP contribution in [-0.4, -0.2) is 61.6 Å². The van der Waals surface area contributed by atoms with Crippen LogP contribution < -0.4 is 5.32 Å². The lowest BCUT2D eigenvalue weighted by Gasteiger charge is -2.59. The van der Waals surface area contributed by atoms with Gasteiger partial charge in [-0.15, -0.1) is 0 Å². The predicted octanol–water partition coefficient (Wildman–Crippen LogP) is 0.0432. The van der Waals surface area contributed by atoms with Gasteiger partial charge >= 0.3 is 0 Å². The van der Waals surface area contributed by atoms with Crippen LogP contribution in [0.4, 0.5) is 0 Å². The summed E-state index contributed by atoms with van der Waals surface area (Å²) in [6.45, 7) is 7.18. The van der Waals surface area contributed by atoms with Crippen LogP contribution in [0.3, 0.4) is 0 Å². The smallest absolute Gasteiger partial charge is 0.252 e. The first-order valence-electron chi connectivity index (χ1n) is 8.18. The van der Waals surface area contributed by atoms with Gasteiger partial charge < -0.3 is 30.5 Å². The van der Waals surface area contributed by atoms with E-state index < -0.39 is 34.6 Å². The molecule has 1 saturated heterocycles. The number of hydrogen-bond donors (Lipinski definition) is 5. The predicted molar refractivity (Wildman–Crippen MR) is 84.5 cm³/mol. The van der Waals surface area contributed by atoms with Gasteiger partial charge in [0, 0.05) is 6.54 Å². The summed E-state index contributed by atoms with van der Waals surface area (Å²) in [5.41, 5.74) is -6.44. The number of ether oxygens (including phenoxy) is 1. The number of nitrogens with one attached hydrogen (secondary N) is 1. The third kappa shape index (κ3) is 3.39. The second kappa shape index (κ2) is 6.64. The molecule has 0 aromatic heterocycles. The molecule has 7 nitrogen and oxygen atoms in total. The van der Waals surface area contributed by atoms with E-state index in [9.17, 15) is 25.2 Å². The molecule has 5 N–H and O–H groups in total. The van der Waals surface area contributed by atoms with Crippen molar-refractivity contribution in [2.75, 3.05) is 6.54 Å². The van der Waals surface area contributed by atoms with E-state index in [0.717, 1.165) is 39.5 Å². The quantitative estimate of drug-likeness (QED) is 0.438. The fraction of sp³-hybridized carbons (Fsp3) is 0.938. The Balaban J connectivity index is 2.88.